The highest BCUT2D eigenvalue weighted by Crippen LogP contribution is 2.22. The second-order valence-corrected chi connectivity index (χ2v) is 6.12. The molecule has 0 radical (unpaired) electrons. The normalized spacial score (nSPS) is 18.8. The maximum atomic E-state index is 11.6. The first-order valence-corrected chi connectivity index (χ1v) is 8.75. The van der Waals surface area contributed by atoms with Gasteiger partial charge in [-0.05, 0) is 60.6 Å². The number of aliphatic hydroxyl groups is 1. The Bertz CT molecular complexity index is 1500. The van der Waals surface area contributed by atoms with E-state index in [1.165, 1.54) is 31.2 Å². The summed E-state index contributed by atoms with van der Waals surface area (Å²) in [5.74, 6) is -1.59. The molecule has 0 fully saturated rings. The minimum absolute atomic E-state index is 0.0110. The van der Waals surface area contributed by atoms with Gasteiger partial charge >= 0.3 is 5.97 Å². The van der Waals surface area contributed by atoms with Gasteiger partial charge in [-0.2, -0.15) is 0 Å². The van der Waals surface area contributed by atoms with Gasteiger partial charge in [0.2, 0.25) is 0 Å². The summed E-state index contributed by atoms with van der Waals surface area (Å²) in [5, 5.41) is 22.4. The highest BCUT2D eigenvalue weighted by molar-refractivity contribution is 5.89. The topological polar surface area (TPSA) is 69.6 Å². The Balaban J connectivity index is 1.87. The molecule has 4 nitrogen and oxygen atoms in total. The van der Waals surface area contributed by atoms with Crippen molar-refractivity contribution in [3.05, 3.63) is 94.9 Å². The molecule has 0 aliphatic heterocycles. The smallest absolute Gasteiger partial charge is 0.335 e. The second kappa shape index (κ2) is 10.0. The number of hydrogen-bond acceptors (Lipinski definition) is 3. The zero-order chi connectivity index (χ0) is 31.2. The molecule has 3 aromatic carbocycles. The zero-order valence-electron chi connectivity index (χ0n) is 27.6. The minimum atomic E-state index is -2.74. The van der Waals surface area contributed by atoms with Gasteiger partial charge in [0.25, 0.3) is 0 Å². The molecule has 0 saturated heterocycles. The van der Waals surface area contributed by atoms with E-state index in [1.54, 1.807) is 0 Å². The first-order valence-electron chi connectivity index (χ1n) is 14.7. The average Bonchev–Trinajstić information content (AvgIpc) is 2.88. The van der Waals surface area contributed by atoms with Crippen molar-refractivity contribution in [3.8, 4) is 11.1 Å². The summed E-state index contributed by atoms with van der Waals surface area (Å²) < 4.78 is 97.3. The van der Waals surface area contributed by atoms with E-state index in [0.29, 0.717) is 5.56 Å². The van der Waals surface area contributed by atoms with E-state index >= 15 is 0 Å². The summed E-state index contributed by atoms with van der Waals surface area (Å²) in [5.41, 5.74) is -0.960. The number of aromatic carboxylic acids is 1. The van der Waals surface area contributed by atoms with Crippen LogP contribution in [-0.2, 0) is 6.42 Å². The van der Waals surface area contributed by atoms with E-state index in [2.05, 4.69) is 5.32 Å². The number of benzene rings is 3. The van der Waals surface area contributed by atoms with Crippen LogP contribution in [0, 0.1) is 6.92 Å². The van der Waals surface area contributed by atoms with Crippen molar-refractivity contribution in [2.45, 2.75) is 25.8 Å². The standard InChI is InChI=1S/C25H27NO3/c1-18-6-2-11-22(14-18)24(27)17-26-13-5-8-19-7-3-9-20(15-19)21-10-4-12-23(16-21)25(28)29/h2-4,6-7,9-12,14-16,24,26-27H,5,8,13,17H2,1H3,(H,28,29)/t24-/m0/s1/i2D,4D,5D2,6D,10D,11D,12D,14D,16D,17D2. The van der Waals surface area contributed by atoms with E-state index < -0.39 is 84.9 Å². The van der Waals surface area contributed by atoms with Crippen LogP contribution < -0.4 is 5.32 Å². The van der Waals surface area contributed by atoms with Crippen LogP contribution in [0.5, 0.6) is 0 Å². The molecule has 3 rings (SSSR count). The van der Waals surface area contributed by atoms with Crippen molar-refractivity contribution >= 4 is 5.97 Å². The third-order valence-corrected chi connectivity index (χ3v) is 3.88. The van der Waals surface area contributed by atoms with E-state index in [0.717, 1.165) is 0 Å². The highest BCUT2D eigenvalue weighted by atomic mass is 16.4. The van der Waals surface area contributed by atoms with Crippen LogP contribution in [0.2, 0.25) is 0 Å². The molecular formula is C25H27NO3. The summed E-state index contributed by atoms with van der Waals surface area (Å²) in [6.07, 6.45) is -4.60. The number of nitrogens with one attached hydrogen (secondary N) is 1. The summed E-state index contributed by atoms with van der Waals surface area (Å²) in [6.45, 7) is -2.04. The maximum absolute atomic E-state index is 11.6. The Morgan fingerprint density at radius 2 is 2.00 bits per heavy atom. The summed E-state index contributed by atoms with van der Waals surface area (Å²) in [4.78, 5) is 11.6. The first kappa shape index (κ1) is 10.2. The molecule has 4 heteroatoms. The largest absolute Gasteiger partial charge is 0.478 e. The van der Waals surface area contributed by atoms with Crippen molar-refractivity contribution < 1.29 is 31.5 Å². The van der Waals surface area contributed by atoms with Crippen LogP contribution in [0.1, 0.15) is 56.0 Å². The SMILES string of the molecule is [2H]c1c([2H])c(C(=O)O)c([2H])c(-c2cccc(CC([2H])([2H])CNC([2H])([2H])[C@H](O)c3c([2H])c([2H])c([2H])c(C)c3[2H])c2)c1[2H]. The maximum Gasteiger partial charge on any atom is 0.335 e. The lowest BCUT2D eigenvalue weighted by Crippen LogP contribution is -2.22. The number of rotatable bonds is 9. The predicted octanol–water partition coefficient (Wildman–Crippen LogP) is 4.62. The van der Waals surface area contributed by atoms with Gasteiger partial charge in [0, 0.05) is 12.0 Å². The molecule has 3 aromatic rings. The van der Waals surface area contributed by atoms with Gasteiger partial charge in [0.15, 0.2) is 0 Å². The Morgan fingerprint density at radius 3 is 2.83 bits per heavy atom. The van der Waals surface area contributed by atoms with Crippen molar-refractivity contribution in [3.63, 3.8) is 0 Å². The van der Waals surface area contributed by atoms with E-state index in [9.17, 15) is 15.0 Å². The molecule has 0 aliphatic rings. The number of aliphatic hydroxyl groups excluding tert-OH is 1. The van der Waals surface area contributed by atoms with Crippen molar-refractivity contribution in [1.29, 1.82) is 0 Å². The molecule has 0 spiro atoms. The molecule has 0 aliphatic carbocycles. The second-order valence-electron chi connectivity index (χ2n) is 6.12. The molecular weight excluding hydrogens is 362 g/mol. The quantitative estimate of drug-likeness (QED) is 0.489. The lowest BCUT2D eigenvalue weighted by atomic mass is 9.99. The molecule has 0 heterocycles. The van der Waals surface area contributed by atoms with Gasteiger partial charge < -0.3 is 15.5 Å². The fourth-order valence-corrected chi connectivity index (χ4v) is 2.51. The van der Waals surface area contributed by atoms with Crippen molar-refractivity contribution in [2.75, 3.05) is 13.0 Å². The third kappa shape index (κ3) is 6.01. The number of aryl methyl sites for hydroxylation is 1. The number of hydrogen-bond donors (Lipinski definition) is 3. The van der Waals surface area contributed by atoms with Crippen LogP contribution in [-0.4, -0.2) is 29.2 Å². The molecule has 0 aromatic heterocycles. The van der Waals surface area contributed by atoms with Crippen LogP contribution in [0.25, 0.3) is 11.1 Å². The Hall–Kier alpha value is -2.95. The lowest BCUT2D eigenvalue weighted by Gasteiger charge is -2.13. The third-order valence-electron chi connectivity index (χ3n) is 3.88. The average molecular weight is 402 g/mol. The Labute approximate surface area is 188 Å². The Morgan fingerprint density at radius 1 is 1.17 bits per heavy atom. The predicted molar refractivity (Wildman–Crippen MR) is 116 cm³/mol. The van der Waals surface area contributed by atoms with Gasteiger partial charge in [0.05, 0.1) is 22.6 Å². The summed E-state index contributed by atoms with van der Waals surface area (Å²) >= 11 is 0. The monoisotopic (exact) mass is 401 g/mol. The summed E-state index contributed by atoms with van der Waals surface area (Å²) in [6, 6.07) is 1.19. The zero-order valence-corrected chi connectivity index (χ0v) is 15.6. The van der Waals surface area contributed by atoms with Gasteiger partial charge in [-0.25, -0.2) is 4.79 Å². The fraction of sp³-hybridized carbons (Fsp3) is 0.240. The summed E-state index contributed by atoms with van der Waals surface area (Å²) in [7, 11) is 0. The molecule has 3 N–H and O–H groups in total. The number of carbonyl (C=O) groups is 1. The van der Waals surface area contributed by atoms with Crippen molar-refractivity contribution in [1.82, 2.24) is 5.32 Å². The van der Waals surface area contributed by atoms with Gasteiger partial charge in [-0.1, -0.05) is 66.1 Å². The van der Waals surface area contributed by atoms with Crippen LogP contribution in [0.4, 0.5) is 0 Å². The molecule has 1 atom stereocenters. The van der Waals surface area contributed by atoms with Gasteiger partial charge in [-0.15, -0.1) is 0 Å². The molecule has 0 saturated carbocycles. The van der Waals surface area contributed by atoms with E-state index in [4.69, 9.17) is 16.4 Å². The molecule has 29 heavy (non-hydrogen) atoms. The first-order chi connectivity index (χ1) is 18.8. The van der Waals surface area contributed by atoms with Crippen molar-refractivity contribution in [2.24, 2.45) is 0 Å². The van der Waals surface area contributed by atoms with E-state index in [-0.39, 0.29) is 29.2 Å². The van der Waals surface area contributed by atoms with Gasteiger partial charge in [0.1, 0.15) is 0 Å². The lowest BCUT2D eigenvalue weighted by molar-refractivity contribution is 0.0697. The molecule has 0 unspecified atom stereocenters. The van der Waals surface area contributed by atoms with Crippen LogP contribution in [0.3, 0.4) is 0 Å². The van der Waals surface area contributed by atoms with Crippen LogP contribution in [0.15, 0.2) is 72.6 Å². The molecule has 0 bridgehead atoms. The minimum Gasteiger partial charge on any atom is -0.478 e. The van der Waals surface area contributed by atoms with Crippen LogP contribution >= 0.6 is 0 Å². The number of carboxylic acids is 1. The fourth-order valence-electron chi connectivity index (χ4n) is 2.51. The highest BCUT2D eigenvalue weighted by Gasteiger charge is 2.07. The molecule has 0 amide bonds. The molecule has 150 valence electrons. The number of carboxylic acid groups (broad SMARTS) is 1. The van der Waals surface area contributed by atoms with Gasteiger partial charge in [-0.3, -0.25) is 0 Å². The Kier molecular flexibility index (Phi) is 3.52. The van der Waals surface area contributed by atoms with E-state index in [1.807, 2.05) is 0 Å².